The second kappa shape index (κ2) is 4.30. The van der Waals surface area contributed by atoms with Crippen molar-refractivity contribution in [2.24, 2.45) is 0 Å². The number of halogens is 1. The van der Waals surface area contributed by atoms with Crippen molar-refractivity contribution in [1.29, 1.82) is 0 Å². The van der Waals surface area contributed by atoms with Crippen LogP contribution in [0.4, 0.5) is 0 Å². The number of carbonyl (C=O) groups excluding carboxylic acids is 1. The van der Waals surface area contributed by atoms with Crippen molar-refractivity contribution in [3.8, 4) is 0 Å². The van der Waals surface area contributed by atoms with Crippen LogP contribution in [-0.2, 0) is 9.59 Å². The fourth-order valence-electron chi connectivity index (χ4n) is 1.40. The first-order valence-electron chi connectivity index (χ1n) is 3.63. The SMILES string of the molecule is CC(=O)N1CCCC1C(=O)O.Cl. The minimum absolute atomic E-state index is 0. The van der Waals surface area contributed by atoms with E-state index < -0.39 is 12.0 Å². The van der Waals surface area contributed by atoms with Gasteiger partial charge in [0.05, 0.1) is 0 Å². The van der Waals surface area contributed by atoms with Crippen LogP contribution in [0.1, 0.15) is 19.8 Å². The Morgan fingerprint density at radius 2 is 2.08 bits per heavy atom. The van der Waals surface area contributed by atoms with Crippen LogP contribution < -0.4 is 0 Å². The Morgan fingerprint density at radius 3 is 2.42 bits per heavy atom. The molecule has 0 spiro atoms. The summed E-state index contributed by atoms with van der Waals surface area (Å²) in [6.45, 7) is 1.99. The predicted octanol–water partition coefficient (Wildman–Crippen LogP) is 0.504. The van der Waals surface area contributed by atoms with Gasteiger partial charge in [-0.05, 0) is 12.8 Å². The molecule has 1 amide bonds. The van der Waals surface area contributed by atoms with Gasteiger partial charge in [-0.3, -0.25) is 4.79 Å². The summed E-state index contributed by atoms with van der Waals surface area (Å²) < 4.78 is 0. The van der Waals surface area contributed by atoms with Crippen molar-refractivity contribution in [3.05, 3.63) is 0 Å². The molecule has 0 aromatic heterocycles. The summed E-state index contributed by atoms with van der Waals surface area (Å²) in [6.07, 6.45) is 1.39. The van der Waals surface area contributed by atoms with Crippen molar-refractivity contribution in [2.75, 3.05) is 6.54 Å². The van der Waals surface area contributed by atoms with Crippen LogP contribution in [-0.4, -0.2) is 34.5 Å². The van der Waals surface area contributed by atoms with E-state index in [9.17, 15) is 9.59 Å². The molecule has 1 atom stereocenters. The van der Waals surface area contributed by atoms with E-state index in [-0.39, 0.29) is 18.3 Å². The molecular weight excluding hydrogens is 182 g/mol. The number of aliphatic carboxylic acids is 1. The highest BCUT2D eigenvalue weighted by atomic mass is 35.5. The van der Waals surface area contributed by atoms with E-state index in [1.54, 1.807) is 0 Å². The monoisotopic (exact) mass is 193 g/mol. The summed E-state index contributed by atoms with van der Waals surface area (Å²) in [4.78, 5) is 22.8. The summed E-state index contributed by atoms with van der Waals surface area (Å²) >= 11 is 0. The fourth-order valence-corrected chi connectivity index (χ4v) is 1.40. The molecule has 0 aromatic rings. The van der Waals surface area contributed by atoms with E-state index in [2.05, 4.69) is 0 Å². The summed E-state index contributed by atoms with van der Waals surface area (Å²) in [5.41, 5.74) is 0. The Bertz CT molecular complexity index is 175. The number of amides is 1. The van der Waals surface area contributed by atoms with E-state index in [4.69, 9.17) is 5.11 Å². The standard InChI is InChI=1S/C7H11NO3.ClH/c1-5(9)8-4-2-3-6(8)7(10)11;/h6H,2-4H2,1H3,(H,10,11);1H. The average Bonchev–Trinajstić information content (AvgIpc) is 2.32. The average molecular weight is 194 g/mol. The van der Waals surface area contributed by atoms with Crippen LogP contribution >= 0.6 is 12.4 Å². The number of rotatable bonds is 1. The highest BCUT2D eigenvalue weighted by Crippen LogP contribution is 2.16. The van der Waals surface area contributed by atoms with Crippen LogP contribution in [0.15, 0.2) is 0 Å². The van der Waals surface area contributed by atoms with Gasteiger partial charge in [0.15, 0.2) is 0 Å². The molecule has 5 heteroatoms. The molecule has 70 valence electrons. The number of nitrogens with zero attached hydrogens (tertiary/aromatic N) is 1. The summed E-state index contributed by atoms with van der Waals surface area (Å²) in [6, 6.07) is -0.576. The van der Waals surface area contributed by atoms with Gasteiger partial charge in [0.1, 0.15) is 6.04 Å². The molecule has 1 rings (SSSR count). The Morgan fingerprint density at radius 1 is 1.50 bits per heavy atom. The number of hydrogen-bond donors (Lipinski definition) is 1. The first kappa shape index (κ1) is 11.2. The molecule has 4 nitrogen and oxygen atoms in total. The number of likely N-dealkylation sites (tertiary alicyclic amines) is 1. The van der Waals surface area contributed by atoms with Crippen LogP contribution in [0.2, 0.25) is 0 Å². The third-order valence-electron chi connectivity index (χ3n) is 1.94. The molecular formula is C7H12ClNO3. The molecule has 1 unspecified atom stereocenters. The molecule has 1 heterocycles. The molecule has 1 fully saturated rings. The topological polar surface area (TPSA) is 57.6 Å². The molecule has 0 aromatic carbocycles. The van der Waals surface area contributed by atoms with E-state index in [1.165, 1.54) is 11.8 Å². The summed E-state index contributed by atoms with van der Waals surface area (Å²) in [5.74, 6) is -1.03. The fraction of sp³-hybridized carbons (Fsp3) is 0.714. The van der Waals surface area contributed by atoms with E-state index in [0.29, 0.717) is 13.0 Å². The number of carboxylic acid groups (broad SMARTS) is 1. The smallest absolute Gasteiger partial charge is 0.326 e. The molecule has 0 aliphatic carbocycles. The Labute approximate surface area is 77.0 Å². The number of carbonyl (C=O) groups is 2. The van der Waals surface area contributed by atoms with Gasteiger partial charge in [0.2, 0.25) is 5.91 Å². The first-order chi connectivity index (χ1) is 5.13. The molecule has 0 radical (unpaired) electrons. The highest BCUT2D eigenvalue weighted by molar-refractivity contribution is 5.85. The van der Waals surface area contributed by atoms with Gasteiger partial charge in [-0.2, -0.15) is 0 Å². The zero-order chi connectivity index (χ0) is 8.43. The van der Waals surface area contributed by atoms with Crippen molar-refractivity contribution in [2.45, 2.75) is 25.8 Å². The summed E-state index contributed by atoms with van der Waals surface area (Å²) in [7, 11) is 0. The minimum atomic E-state index is -0.891. The van der Waals surface area contributed by atoms with Gasteiger partial charge in [-0.25, -0.2) is 4.79 Å². The highest BCUT2D eigenvalue weighted by Gasteiger charge is 2.31. The van der Waals surface area contributed by atoms with Gasteiger partial charge in [0, 0.05) is 13.5 Å². The Kier molecular flexibility index (Phi) is 4.03. The number of hydrogen-bond acceptors (Lipinski definition) is 2. The third-order valence-corrected chi connectivity index (χ3v) is 1.94. The van der Waals surface area contributed by atoms with Crippen LogP contribution in [0.5, 0.6) is 0 Å². The lowest BCUT2D eigenvalue weighted by molar-refractivity contribution is -0.147. The van der Waals surface area contributed by atoms with Gasteiger partial charge in [0.25, 0.3) is 0 Å². The molecule has 1 aliphatic rings. The lowest BCUT2D eigenvalue weighted by atomic mass is 10.2. The van der Waals surface area contributed by atoms with Gasteiger partial charge in [-0.1, -0.05) is 0 Å². The maximum absolute atomic E-state index is 10.8. The molecule has 1 saturated heterocycles. The van der Waals surface area contributed by atoms with E-state index >= 15 is 0 Å². The lowest BCUT2D eigenvalue weighted by Gasteiger charge is -2.18. The molecule has 1 aliphatic heterocycles. The zero-order valence-electron chi connectivity index (χ0n) is 6.82. The largest absolute Gasteiger partial charge is 0.480 e. The Hall–Kier alpha value is -0.770. The molecule has 12 heavy (non-hydrogen) atoms. The van der Waals surface area contributed by atoms with Crippen LogP contribution in [0.25, 0.3) is 0 Å². The van der Waals surface area contributed by atoms with Gasteiger partial charge >= 0.3 is 5.97 Å². The van der Waals surface area contributed by atoms with Crippen LogP contribution in [0, 0.1) is 0 Å². The quantitative estimate of drug-likeness (QED) is 0.660. The van der Waals surface area contributed by atoms with Crippen molar-refractivity contribution in [1.82, 2.24) is 4.90 Å². The molecule has 0 bridgehead atoms. The van der Waals surface area contributed by atoms with Crippen molar-refractivity contribution >= 4 is 24.3 Å². The zero-order valence-corrected chi connectivity index (χ0v) is 7.63. The lowest BCUT2D eigenvalue weighted by Crippen LogP contribution is -2.38. The summed E-state index contributed by atoms with van der Waals surface area (Å²) in [5, 5.41) is 8.64. The predicted molar refractivity (Wildman–Crippen MR) is 45.3 cm³/mol. The second-order valence-corrected chi connectivity index (χ2v) is 2.71. The normalized spacial score (nSPS) is 21.8. The maximum atomic E-state index is 10.8. The Balaban J connectivity index is 0.00000121. The second-order valence-electron chi connectivity index (χ2n) is 2.71. The van der Waals surface area contributed by atoms with Gasteiger partial charge in [-0.15, -0.1) is 12.4 Å². The first-order valence-corrected chi connectivity index (χ1v) is 3.63. The van der Waals surface area contributed by atoms with Crippen molar-refractivity contribution in [3.63, 3.8) is 0 Å². The van der Waals surface area contributed by atoms with E-state index in [1.807, 2.05) is 0 Å². The van der Waals surface area contributed by atoms with Crippen LogP contribution in [0.3, 0.4) is 0 Å². The number of carboxylic acids is 1. The van der Waals surface area contributed by atoms with E-state index in [0.717, 1.165) is 6.42 Å². The maximum Gasteiger partial charge on any atom is 0.326 e. The van der Waals surface area contributed by atoms with Crippen molar-refractivity contribution < 1.29 is 14.7 Å². The van der Waals surface area contributed by atoms with Gasteiger partial charge < -0.3 is 10.0 Å². The molecule has 0 saturated carbocycles. The third kappa shape index (κ3) is 2.11. The minimum Gasteiger partial charge on any atom is -0.480 e. The molecule has 1 N–H and O–H groups in total.